The van der Waals surface area contributed by atoms with Crippen LogP contribution in [0.1, 0.15) is 23.7 Å². The molecule has 0 spiro atoms. The Bertz CT molecular complexity index is 746. The molecule has 1 N–H and O–H groups in total. The number of β-amino-alcohol motifs (C(OH)–C–C–N with tert-alkyl or cyclic N) is 1. The van der Waals surface area contributed by atoms with E-state index in [1.807, 2.05) is 6.92 Å². The van der Waals surface area contributed by atoms with Gasteiger partial charge < -0.3 is 14.4 Å². The van der Waals surface area contributed by atoms with Crippen molar-refractivity contribution in [3.8, 4) is 0 Å². The van der Waals surface area contributed by atoms with Gasteiger partial charge in [0.25, 0.3) is 5.91 Å². The van der Waals surface area contributed by atoms with Crippen LogP contribution in [0.2, 0.25) is 0 Å². The van der Waals surface area contributed by atoms with Crippen LogP contribution < -0.4 is 5.76 Å². The number of carbonyl (C=O) groups is 1. The molecule has 0 bridgehead atoms. The molecule has 1 aliphatic heterocycles. The number of piperidine rings is 1. The largest absolute Gasteiger partial charge is 0.419 e. The summed E-state index contributed by atoms with van der Waals surface area (Å²) in [7, 11) is 1.61. The first-order valence-corrected chi connectivity index (χ1v) is 7.05. The van der Waals surface area contributed by atoms with Gasteiger partial charge >= 0.3 is 5.76 Å². The van der Waals surface area contributed by atoms with Crippen molar-refractivity contribution in [3.05, 3.63) is 34.3 Å². The first-order valence-electron chi connectivity index (χ1n) is 7.05. The minimum absolute atomic E-state index is 0.194. The number of carbonyl (C=O) groups excluding carboxylic acids is 1. The number of aliphatic hydroxyl groups is 1. The zero-order valence-electron chi connectivity index (χ0n) is 12.1. The van der Waals surface area contributed by atoms with Crippen molar-refractivity contribution in [2.45, 2.75) is 19.4 Å². The van der Waals surface area contributed by atoms with Gasteiger partial charge in [-0.25, -0.2) is 4.79 Å². The number of likely N-dealkylation sites (tertiary alicyclic amines) is 1. The average Bonchev–Trinajstić information content (AvgIpc) is 2.77. The maximum Gasteiger partial charge on any atom is 0.419 e. The minimum Gasteiger partial charge on any atom is -0.407 e. The summed E-state index contributed by atoms with van der Waals surface area (Å²) in [5, 5.41) is 9.93. The van der Waals surface area contributed by atoms with Crippen LogP contribution in [0.25, 0.3) is 11.1 Å². The molecule has 112 valence electrons. The molecule has 2 aromatic rings. The van der Waals surface area contributed by atoms with E-state index in [1.54, 1.807) is 30.1 Å². The van der Waals surface area contributed by atoms with Crippen LogP contribution in [0.3, 0.4) is 0 Å². The highest BCUT2D eigenvalue weighted by atomic mass is 16.4. The third kappa shape index (κ3) is 2.25. The third-order valence-electron chi connectivity index (χ3n) is 4.26. The molecule has 1 aromatic heterocycles. The topological polar surface area (TPSA) is 75.7 Å². The zero-order chi connectivity index (χ0) is 15.1. The second-order valence-corrected chi connectivity index (χ2v) is 5.67. The minimum atomic E-state index is -0.510. The smallest absolute Gasteiger partial charge is 0.407 e. The Kier molecular flexibility index (Phi) is 3.33. The second-order valence-electron chi connectivity index (χ2n) is 5.67. The van der Waals surface area contributed by atoms with E-state index >= 15 is 0 Å². The third-order valence-corrected chi connectivity index (χ3v) is 4.26. The lowest BCUT2D eigenvalue weighted by Gasteiger charge is -2.34. The molecule has 1 aliphatic rings. The fourth-order valence-electron chi connectivity index (χ4n) is 2.72. The summed E-state index contributed by atoms with van der Waals surface area (Å²) in [5.41, 5.74) is 1.27. The SMILES string of the molecule is CC1CCN(C(=O)c2cccc3c2oc(=O)n3C)CC1O. The highest BCUT2D eigenvalue weighted by Crippen LogP contribution is 2.23. The van der Waals surface area contributed by atoms with Crippen molar-refractivity contribution in [2.24, 2.45) is 13.0 Å². The van der Waals surface area contributed by atoms with E-state index in [-0.39, 0.29) is 11.8 Å². The molecule has 1 aromatic carbocycles. The second kappa shape index (κ2) is 5.04. The predicted octanol–water partition coefficient (Wildman–Crippen LogP) is 0.974. The van der Waals surface area contributed by atoms with Crippen molar-refractivity contribution in [2.75, 3.05) is 13.1 Å². The van der Waals surface area contributed by atoms with Crippen LogP contribution in [0.4, 0.5) is 0 Å². The number of aliphatic hydroxyl groups excluding tert-OH is 1. The molecule has 2 atom stereocenters. The number of oxazole rings is 1. The number of rotatable bonds is 1. The number of hydrogen-bond donors (Lipinski definition) is 1. The van der Waals surface area contributed by atoms with Crippen molar-refractivity contribution in [3.63, 3.8) is 0 Å². The summed E-state index contributed by atoms with van der Waals surface area (Å²) in [6.45, 7) is 2.89. The van der Waals surface area contributed by atoms with E-state index in [2.05, 4.69) is 0 Å². The van der Waals surface area contributed by atoms with E-state index in [0.717, 1.165) is 6.42 Å². The summed E-state index contributed by atoms with van der Waals surface area (Å²) in [5.74, 6) is -0.502. The molecule has 1 amide bonds. The Morgan fingerprint density at radius 3 is 2.90 bits per heavy atom. The molecule has 1 fully saturated rings. The number of aromatic nitrogens is 1. The summed E-state index contributed by atoms with van der Waals surface area (Å²) in [6.07, 6.45) is 0.256. The monoisotopic (exact) mass is 290 g/mol. The zero-order valence-corrected chi connectivity index (χ0v) is 12.1. The number of hydrogen-bond acceptors (Lipinski definition) is 4. The molecule has 0 radical (unpaired) electrons. The molecule has 0 aliphatic carbocycles. The van der Waals surface area contributed by atoms with Gasteiger partial charge in [-0.05, 0) is 24.5 Å². The van der Waals surface area contributed by atoms with Crippen LogP contribution in [-0.4, -0.2) is 39.7 Å². The van der Waals surface area contributed by atoms with Crippen LogP contribution >= 0.6 is 0 Å². The predicted molar refractivity (Wildman–Crippen MR) is 77.1 cm³/mol. The average molecular weight is 290 g/mol. The van der Waals surface area contributed by atoms with Crippen LogP contribution in [0.5, 0.6) is 0 Å². The lowest BCUT2D eigenvalue weighted by Crippen LogP contribution is -2.45. The lowest BCUT2D eigenvalue weighted by atomic mass is 9.95. The Morgan fingerprint density at radius 1 is 1.43 bits per heavy atom. The fourth-order valence-corrected chi connectivity index (χ4v) is 2.72. The highest BCUT2D eigenvalue weighted by molar-refractivity contribution is 6.04. The fraction of sp³-hybridized carbons (Fsp3) is 0.467. The molecular weight excluding hydrogens is 272 g/mol. The van der Waals surface area contributed by atoms with Crippen LogP contribution in [-0.2, 0) is 7.05 Å². The maximum absolute atomic E-state index is 12.6. The maximum atomic E-state index is 12.6. The normalized spacial score (nSPS) is 22.7. The van der Waals surface area contributed by atoms with Gasteiger partial charge in [-0.3, -0.25) is 9.36 Å². The summed E-state index contributed by atoms with van der Waals surface area (Å²) >= 11 is 0. The van der Waals surface area contributed by atoms with Crippen LogP contribution in [0, 0.1) is 5.92 Å². The molecule has 21 heavy (non-hydrogen) atoms. The summed E-state index contributed by atoms with van der Waals surface area (Å²) in [4.78, 5) is 25.9. The highest BCUT2D eigenvalue weighted by Gasteiger charge is 2.29. The van der Waals surface area contributed by atoms with E-state index in [1.165, 1.54) is 4.57 Å². The Hall–Kier alpha value is -2.08. The number of fused-ring (bicyclic) bond motifs is 1. The van der Waals surface area contributed by atoms with E-state index in [4.69, 9.17) is 4.42 Å². The van der Waals surface area contributed by atoms with Gasteiger partial charge in [0.05, 0.1) is 17.2 Å². The summed E-state index contributed by atoms with van der Waals surface area (Å²) in [6, 6.07) is 5.12. The number of para-hydroxylation sites is 1. The van der Waals surface area contributed by atoms with Gasteiger partial charge in [-0.2, -0.15) is 0 Å². The summed E-state index contributed by atoms with van der Waals surface area (Å²) < 4.78 is 6.56. The Labute approximate surface area is 121 Å². The van der Waals surface area contributed by atoms with E-state index in [9.17, 15) is 14.7 Å². The van der Waals surface area contributed by atoms with Gasteiger partial charge in [0, 0.05) is 20.1 Å². The van der Waals surface area contributed by atoms with Crippen molar-refractivity contribution in [1.29, 1.82) is 0 Å². The van der Waals surface area contributed by atoms with Crippen molar-refractivity contribution >= 4 is 17.0 Å². The Balaban J connectivity index is 1.99. The van der Waals surface area contributed by atoms with Gasteiger partial charge in [0.1, 0.15) is 0 Å². The first-order chi connectivity index (χ1) is 9.99. The van der Waals surface area contributed by atoms with Gasteiger partial charge in [-0.1, -0.05) is 13.0 Å². The molecule has 3 rings (SSSR count). The molecule has 6 nitrogen and oxygen atoms in total. The first kappa shape index (κ1) is 13.9. The van der Waals surface area contributed by atoms with Gasteiger partial charge in [-0.15, -0.1) is 0 Å². The molecule has 0 saturated carbocycles. The molecular formula is C15H18N2O4. The van der Waals surface area contributed by atoms with Crippen molar-refractivity contribution in [1.82, 2.24) is 9.47 Å². The van der Waals surface area contributed by atoms with Crippen molar-refractivity contribution < 1.29 is 14.3 Å². The van der Waals surface area contributed by atoms with E-state index < -0.39 is 11.9 Å². The quantitative estimate of drug-likeness (QED) is 0.849. The molecule has 1 saturated heterocycles. The number of nitrogens with zero attached hydrogens (tertiary/aromatic N) is 2. The number of aryl methyl sites for hydroxylation is 1. The van der Waals surface area contributed by atoms with E-state index in [0.29, 0.717) is 29.8 Å². The van der Waals surface area contributed by atoms with Gasteiger partial charge in [0.15, 0.2) is 5.58 Å². The standard InChI is InChI=1S/C15H18N2O4/c1-9-6-7-17(8-12(9)18)14(19)10-4-3-5-11-13(10)21-15(20)16(11)2/h3-5,9,12,18H,6-8H2,1-2H3. The lowest BCUT2D eigenvalue weighted by molar-refractivity contribution is 0.0249. The Morgan fingerprint density at radius 2 is 2.19 bits per heavy atom. The number of amides is 1. The number of benzene rings is 1. The molecule has 6 heteroatoms. The molecule has 2 heterocycles. The van der Waals surface area contributed by atoms with Gasteiger partial charge in [0.2, 0.25) is 0 Å². The van der Waals surface area contributed by atoms with Crippen LogP contribution in [0.15, 0.2) is 27.4 Å². The molecule has 2 unspecified atom stereocenters.